The minimum atomic E-state index is -1.28. The summed E-state index contributed by atoms with van der Waals surface area (Å²) in [7, 11) is 0. The van der Waals surface area contributed by atoms with E-state index in [-0.39, 0.29) is 12.4 Å². The van der Waals surface area contributed by atoms with Crippen molar-refractivity contribution in [2.24, 2.45) is 5.41 Å². The van der Waals surface area contributed by atoms with E-state index < -0.39 is 11.0 Å². The molecule has 1 heterocycles. The Hall–Kier alpha value is -2.08. The number of carbonyl (C=O) groups excluding carboxylic acids is 1. The molecule has 0 radical (unpaired) electrons. The minimum absolute atomic E-state index is 0.167. The van der Waals surface area contributed by atoms with E-state index in [1.807, 2.05) is 0 Å². The third-order valence-corrected chi connectivity index (χ3v) is 4.12. The number of hydrogen-bond acceptors (Lipinski definition) is 4. The first-order valence-electron chi connectivity index (χ1n) is 7.12. The highest BCUT2D eigenvalue weighted by atomic mass is 19.1. The van der Waals surface area contributed by atoms with E-state index in [1.165, 1.54) is 29.5 Å². The van der Waals surface area contributed by atoms with Gasteiger partial charge in [0.2, 0.25) is 0 Å². The highest BCUT2D eigenvalue weighted by Crippen LogP contribution is 2.34. The van der Waals surface area contributed by atoms with Crippen molar-refractivity contribution in [3.05, 3.63) is 48.3 Å². The van der Waals surface area contributed by atoms with Crippen LogP contribution in [-0.2, 0) is 17.8 Å². The van der Waals surface area contributed by atoms with E-state index >= 15 is 0 Å². The molecule has 2 rings (SSSR count). The number of benzene rings is 1. The largest absolute Gasteiger partial charge is 0.387 e. The lowest BCUT2D eigenvalue weighted by Crippen LogP contribution is -2.49. The second-order valence-corrected chi connectivity index (χ2v) is 6.09. The van der Waals surface area contributed by atoms with Crippen molar-refractivity contribution in [2.75, 3.05) is 0 Å². The number of hydrogen-bond donors (Lipinski definition) is 1. The van der Waals surface area contributed by atoms with Gasteiger partial charge < -0.3 is 9.90 Å². The molecule has 0 saturated carbocycles. The third-order valence-electron chi connectivity index (χ3n) is 4.12. The fourth-order valence-electron chi connectivity index (χ4n) is 2.30. The smallest absolute Gasteiger partial charge is 0.137 e. The van der Waals surface area contributed by atoms with Gasteiger partial charge in [0, 0.05) is 0 Å². The Morgan fingerprint density at radius 1 is 1.32 bits per heavy atom. The molecule has 2 aromatic rings. The molecule has 0 spiro atoms. The molecule has 0 aliphatic carbocycles. The lowest BCUT2D eigenvalue weighted by Gasteiger charge is -2.39. The molecule has 1 N–H and O–H groups in total. The maximum atomic E-state index is 12.9. The number of aromatic nitrogens is 3. The van der Waals surface area contributed by atoms with Crippen molar-refractivity contribution < 1.29 is 14.3 Å². The molecule has 0 fully saturated rings. The van der Waals surface area contributed by atoms with E-state index in [1.54, 1.807) is 26.0 Å². The summed E-state index contributed by atoms with van der Waals surface area (Å²) in [5.74, 6) is -0.296. The van der Waals surface area contributed by atoms with Crippen molar-refractivity contribution in [3.8, 4) is 0 Å². The fraction of sp³-hybridized carbons (Fsp3) is 0.438. The van der Waals surface area contributed by atoms with E-state index in [4.69, 9.17) is 0 Å². The van der Waals surface area contributed by atoms with Crippen LogP contribution in [0.15, 0.2) is 36.9 Å². The molecule has 1 unspecified atom stereocenters. The maximum absolute atomic E-state index is 12.9. The van der Waals surface area contributed by atoms with Crippen LogP contribution < -0.4 is 0 Å². The predicted molar refractivity (Wildman–Crippen MR) is 79.5 cm³/mol. The molecule has 0 aliphatic rings. The summed E-state index contributed by atoms with van der Waals surface area (Å²) in [5, 5.41) is 15.0. The number of aryl methyl sites for hydroxylation is 1. The molecule has 6 heteroatoms. The number of carbonyl (C=O) groups is 1. The normalized spacial score (nSPS) is 14.5. The Morgan fingerprint density at radius 3 is 2.55 bits per heavy atom. The zero-order chi connectivity index (χ0) is 16.2. The van der Waals surface area contributed by atoms with Gasteiger partial charge in [-0.15, -0.1) is 0 Å². The second-order valence-electron chi connectivity index (χ2n) is 6.09. The Labute approximate surface area is 128 Å². The molecule has 118 valence electrons. The Bertz CT molecular complexity index is 611. The molecule has 0 bridgehead atoms. The van der Waals surface area contributed by atoms with Crippen molar-refractivity contribution in [1.29, 1.82) is 0 Å². The second kappa shape index (κ2) is 6.36. The molecular formula is C16H20FN3O2. The van der Waals surface area contributed by atoms with Gasteiger partial charge in [-0.05, 0) is 30.5 Å². The van der Waals surface area contributed by atoms with Crippen LogP contribution in [0.25, 0.3) is 0 Å². The van der Waals surface area contributed by atoms with Crippen LogP contribution in [0.3, 0.4) is 0 Å². The van der Waals surface area contributed by atoms with Gasteiger partial charge in [0.05, 0.1) is 17.6 Å². The maximum Gasteiger partial charge on any atom is 0.137 e. The van der Waals surface area contributed by atoms with Crippen LogP contribution in [0.1, 0.15) is 25.8 Å². The predicted octanol–water partition coefficient (Wildman–Crippen LogP) is 2.01. The van der Waals surface area contributed by atoms with E-state index in [2.05, 4.69) is 10.1 Å². The summed E-state index contributed by atoms with van der Waals surface area (Å²) in [6, 6.07) is 6.13. The van der Waals surface area contributed by atoms with Gasteiger partial charge in [0.15, 0.2) is 0 Å². The first-order valence-corrected chi connectivity index (χ1v) is 7.12. The summed E-state index contributed by atoms with van der Waals surface area (Å²) in [6.45, 7) is 3.56. The third kappa shape index (κ3) is 3.57. The average molecular weight is 305 g/mol. The summed E-state index contributed by atoms with van der Waals surface area (Å²) < 4.78 is 14.5. The Kier molecular flexibility index (Phi) is 4.71. The van der Waals surface area contributed by atoms with Crippen LogP contribution in [0.5, 0.6) is 0 Å². The quantitative estimate of drug-likeness (QED) is 0.795. The van der Waals surface area contributed by atoms with Crippen LogP contribution in [0.2, 0.25) is 0 Å². The van der Waals surface area contributed by atoms with E-state index in [0.29, 0.717) is 12.8 Å². The van der Waals surface area contributed by atoms with Crippen LogP contribution in [0.4, 0.5) is 4.39 Å². The van der Waals surface area contributed by atoms with Crippen molar-refractivity contribution >= 4 is 6.29 Å². The number of aliphatic hydroxyl groups is 1. The average Bonchev–Trinajstić information content (AvgIpc) is 2.99. The van der Waals surface area contributed by atoms with Gasteiger partial charge >= 0.3 is 0 Å². The van der Waals surface area contributed by atoms with Crippen molar-refractivity contribution in [1.82, 2.24) is 14.8 Å². The fourth-order valence-corrected chi connectivity index (χ4v) is 2.30. The van der Waals surface area contributed by atoms with Crippen molar-refractivity contribution in [3.63, 3.8) is 0 Å². The van der Waals surface area contributed by atoms with Crippen molar-refractivity contribution in [2.45, 2.75) is 38.8 Å². The molecule has 1 aromatic carbocycles. The molecule has 0 amide bonds. The van der Waals surface area contributed by atoms with Gasteiger partial charge in [-0.25, -0.2) is 9.37 Å². The number of halogens is 1. The zero-order valence-corrected chi connectivity index (χ0v) is 12.7. The Morgan fingerprint density at radius 2 is 2.00 bits per heavy atom. The molecule has 1 aromatic heterocycles. The van der Waals surface area contributed by atoms with Crippen LogP contribution in [0, 0.1) is 11.2 Å². The lowest BCUT2D eigenvalue weighted by molar-refractivity contribution is -0.135. The topological polar surface area (TPSA) is 68.0 Å². The molecule has 5 nitrogen and oxygen atoms in total. The number of rotatable bonds is 7. The number of aldehydes is 1. The summed E-state index contributed by atoms with van der Waals surface area (Å²) in [6.07, 6.45) is 4.53. The molecule has 0 aliphatic heterocycles. The van der Waals surface area contributed by atoms with Crippen LogP contribution >= 0.6 is 0 Å². The van der Waals surface area contributed by atoms with Gasteiger partial charge in [0.25, 0.3) is 0 Å². The van der Waals surface area contributed by atoms with E-state index in [0.717, 1.165) is 11.8 Å². The van der Waals surface area contributed by atoms with Crippen LogP contribution in [-0.4, -0.2) is 31.8 Å². The van der Waals surface area contributed by atoms with Gasteiger partial charge in [-0.2, -0.15) is 5.10 Å². The molecule has 22 heavy (non-hydrogen) atoms. The lowest BCUT2D eigenvalue weighted by atomic mass is 9.72. The number of nitrogens with zero attached hydrogens (tertiary/aromatic N) is 3. The van der Waals surface area contributed by atoms with E-state index in [9.17, 15) is 14.3 Å². The first kappa shape index (κ1) is 16.3. The summed E-state index contributed by atoms with van der Waals surface area (Å²) >= 11 is 0. The molecule has 0 saturated heterocycles. The Balaban J connectivity index is 2.17. The summed E-state index contributed by atoms with van der Waals surface area (Å²) in [4.78, 5) is 15.3. The highest BCUT2D eigenvalue weighted by Gasteiger charge is 2.43. The molecular weight excluding hydrogens is 285 g/mol. The highest BCUT2D eigenvalue weighted by molar-refractivity contribution is 5.60. The summed E-state index contributed by atoms with van der Waals surface area (Å²) in [5.41, 5.74) is -1.32. The van der Waals surface area contributed by atoms with Gasteiger partial charge in [0.1, 0.15) is 24.8 Å². The SMILES string of the molecule is CC(C)(C=O)C(O)(CCc1ccc(F)cc1)Cn1cncn1. The standard InChI is InChI=1S/C16H20FN3O2/c1-15(2,10-21)16(22,9-20-12-18-11-19-20)8-7-13-3-5-14(17)6-4-13/h3-6,10-12,22H,7-9H2,1-2H3. The molecule has 1 atom stereocenters. The minimum Gasteiger partial charge on any atom is -0.387 e. The van der Waals surface area contributed by atoms with Gasteiger partial charge in [-0.1, -0.05) is 26.0 Å². The first-order chi connectivity index (χ1) is 10.4. The zero-order valence-electron chi connectivity index (χ0n) is 12.7. The van der Waals surface area contributed by atoms with Gasteiger partial charge in [-0.3, -0.25) is 4.68 Å². The monoisotopic (exact) mass is 305 g/mol.